The molecule has 1 amide bonds. The highest BCUT2D eigenvalue weighted by atomic mass is 32.1. The van der Waals surface area contributed by atoms with Crippen molar-refractivity contribution in [3.05, 3.63) is 76.8 Å². The fraction of sp³-hybridized carbons (Fsp3) is 0.238. The van der Waals surface area contributed by atoms with Crippen LogP contribution in [0.5, 0.6) is 0 Å². The van der Waals surface area contributed by atoms with Crippen LogP contribution in [0.15, 0.2) is 53.9 Å². The Kier molecular flexibility index (Phi) is 5.71. The van der Waals surface area contributed by atoms with E-state index >= 15 is 0 Å². The van der Waals surface area contributed by atoms with Gasteiger partial charge in [0, 0.05) is 43.8 Å². The number of hydrogen-bond acceptors (Lipinski definition) is 5. The van der Waals surface area contributed by atoms with Crippen LogP contribution >= 0.6 is 11.3 Å². The van der Waals surface area contributed by atoms with Crippen molar-refractivity contribution in [3.8, 4) is 0 Å². The molecule has 0 unspecified atom stereocenters. The van der Waals surface area contributed by atoms with Gasteiger partial charge in [-0.3, -0.25) is 4.79 Å². The Morgan fingerprint density at radius 1 is 1.00 bits per heavy atom. The monoisotopic (exact) mass is 414 g/mol. The number of hydrogen-bond donors (Lipinski definition) is 1. The second kappa shape index (κ2) is 8.57. The Hall–Kier alpha value is -3.00. The maximum absolute atomic E-state index is 13.2. The highest BCUT2D eigenvalue weighted by Gasteiger charge is 2.21. The molecule has 1 aromatic heterocycles. The quantitative estimate of drug-likeness (QED) is 0.692. The van der Waals surface area contributed by atoms with Gasteiger partial charge in [-0.15, -0.1) is 11.3 Å². The summed E-state index contributed by atoms with van der Waals surface area (Å²) < 4.78 is 26.3. The van der Waals surface area contributed by atoms with Crippen LogP contribution in [0.1, 0.15) is 16.1 Å². The van der Waals surface area contributed by atoms with E-state index in [1.54, 1.807) is 29.6 Å². The van der Waals surface area contributed by atoms with Crippen LogP contribution < -0.4 is 15.1 Å². The van der Waals surface area contributed by atoms with Gasteiger partial charge in [0.15, 0.2) is 5.13 Å². The predicted octanol–water partition coefficient (Wildman–Crippen LogP) is 3.68. The molecule has 1 aliphatic rings. The van der Waals surface area contributed by atoms with Gasteiger partial charge in [-0.05, 0) is 42.0 Å². The number of nitrogens with zero attached hydrogens (tertiary/aromatic N) is 3. The van der Waals surface area contributed by atoms with Crippen LogP contribution in [0.3, 0.4) is 0 Å². The van der Waals surface area contributed by atoms with E-state index in [0.717, 1.165) is 37.0 Å². The minimum atomic E-state index is -0.326. The molecular formula is C21H20F2N4OS. The first kappa shape index (κ1) is 19.3. The maximum atomic E-state index is 13.2. The van der Waals surface area contributed by atoms with Gasteiger partial charge in [0.05, 0.1) is 0 Å². The van der Waals surface area contributed by atoms with Crippen molar-refractivity contribution < 1.29 is 13.6 Å². The van der Waals surface area contributed by atoms with Gasteiger partial charge < -0.3 is 15.1 Å². The van der Waals surface area contributed by atoms with E-state index in [0.29, 0.717) is 11.3 Å². The minimum Gasteiger partial charge on any atom is -0.368 e. The zero-order valence-electron chi connectivity index (χ0n) is 15.6. The average molecular weight is 414 g/mol. The number of aromatic nitrogens is 1. The van der Waals surface area contributed by atoms with E-state index in [2.05, 4.69) is 20.1 Å². The lowest BCUT2D eigenvalue weighted by Crippen LogP contribution is -2.46. The number of carbonyl (C=O) groups is 1. The number of nitrogens with one attached hydrogen (secondary N) is 1. The molecule has 0 aliphatic carbocycles. The summed E-state index contributed by atoms with van der Waals surface area (Å²) in [5.74, 6) is -0.840. The van der Waals surface area contributed by atoms with Crippen LogP contribution in [-0.2, 0) is 6.54 Å². The summed E-state index contributed by atoms with van der Waals surface area (Å²) in [6.45, 7) is 3.39. The molecule has 3 aromatic rings. The summed E-state index contributed by atoms with van der Waals surface area (Å²) in [5, 5.41) is 5.32. The third kappa shape index (κ3) is 4.71. The average Bonchev–Trinajstić information content (AvgIpc) is 3.23. The van der Waals surface area contributed by atoms with Crippen LogP contribution in [0, 0.1) is 11.6 Å². The van der Waals surface area contributed by atoms with Crippen LogP contribution in [0.2, 0.25) is 0 Å². The van der Waals surface area contributed by atoms with Gasteiger partial charge in [0.1, 0.15) is 17.3 Å². The maximum Gasteiger partial charge on any atom is 0.271 e. The number of halogens is 2. The number of piperazine rings is 1. The van der Waals surface area contributed by atoms with Gasteiger partial charge in [-0.1, -0.05) is 12.1 Å². The summed E-state index contributed by atoms with van der Waals surface area (Å²) in [6, 6.07) is 12.7. The Morgan fingerprint density at radius 3 is 2.45 bits per heavy atom. The molecule has 1 fully saturated rings. The molecule has 0 spiro atoms. The standard InChI is InChI=1S/C21H20F2N4OS/c22-16-4-6-18(7-5-16)26-8-10-27(11-9-26)21-25-19(14-29-21)20(28)24-13-15-2-1-3-17(23)12-15/h1-7,12,14H,8-11,13H2,(H,24,28). The summed E-state index contributed by atoms with van der Waals surface area (Å²) in [7, 11) is 0. The van der Waals surface area contributed by atoms with Crippen molar-refractivity contribution in [1.82, 2.24) is 10.3 Å². The Morgan fingerprint density at radius 2 is 1.72 bits per heavy atom. The highest BCUT2D eigenvalue weighted by Crippen LogP contribution is 2.24. The number of amides is 1. The van der Waals surface area contributed by atoms with Gasteiger partial charge in [0.2, 0.25) is 0 Å². The van der Waals surface area contributed by atoms with E-state index in [1.165, 1.54) is 35.6 Å². The first-order valence-electron chi connectivity index (χ1n) is 9.32. The smallest absolute Gasteiger partial charge is 0.271 e. The third-order valence-corrected chi connectivity index (χ3v) is 5.71. The van der Waals surface area contributed by atoms with Crippen LogP contribution in [0.4, 0.5) is 19.6 Å². The Labute approximate surface area is 171 Å². The lowest BCUT2D eigenvalue weighted by atomic mass is 10.2. The van der Waals surface area contributed by atoms with E-state index in [-0.39, 0.29) is 24.1 Å². The molecular weight excluding hydrogens is 394 g/mol. The van der Waals surface area contributed by atoms with Gasteiger partial charge in [0.25, 0.3) is 5.91 Å². The number of rotatable bonds is 5. The molecule has 1 N–H and O–H groups in total. The van der Waals surface area contributed by atoms with Crippen molar-refractivity contribution in [2.45, 2.75) is 6.54 Å². The number of carbonyl (C=O) groups excluding carboxylic acids is 1. The first-order valence-corrected chi connectivity index (χ1v) is 10.2. The zero-order chi connectivity index (χ0) is 20.2. The van der Waals surface area contributed by atoms with Crippen molar-refractivity contribution in [1.29, 1.82) is 0 Å². The summed E-state index contributed by atoms with van der Waals surface area (Å²) in [5.41, 5.74) is 2.07. The molecule has 5 nitrogen and oxygen atoms in total. The fourth-order valence-electron chi connectivity index (χ4n) is 3.24. The second-order valence-electron chi connectivity index (χ2n) is 6.78. The summed E-state index contributed by atoms with van der Waals surface area (Å²) in [6.07, 6.45) is 0. The normalized spacial score (nSPS) is 14.1. The van der Waals surface area contributed by atoms with E-state index < -0.39 is 0 Å². The number of benzene rings is 2. The Balaban J connectivity index is 1.32. The molecule has 0 radical (unpaired) electrons. The molecule has 0 saturated carbocycles. The minimum absolute atomic E-state index is 0.238. The van der Waals surface area contributed by atoms with Crippen LogP contribution in [-0.4, -0.2) is 37.1 Å². The molecule has 1 aliphatic heterocycles. The lowest BCUT2D eigenvalue weighted by Gasteiger charge is -2.36. The lowest BCUT2D eigenvalue weighted by molar-refractivity contribution is 0.0946. The van der Waals surface area contributed by atoms with Crippen LogP contribution in [0.25, 0.3) is 0 Å². The summed E-state index contributed by atoms with van der Waals surface area (Å²) in [4.78, 5) is 21.2. The Bertz CT molecular complexity index is 984. The first-order chi connectivity index (χ1) is 14.1. The molecule has 29 heavy (non-hydrogen) atoms. The summed E-state index contributed by atoms with van der Waals surface area (Å²) >= 11 is 1.43. The topological polar surface area (TPSA) is 48.5 Å². The predicted molar refractivity (Wildman–Crippen MR) is 111 cm³/mol. The molecule has 0 atom stereocenters. The van der Waals surface area contributed by atoms with Crippen molar-refractivity contribution in [2.24, 2.45) is 0 Å². The van der Waals surface area contributed by atoms with Gasteiger partial charge in [-0.25, -0.2) is 13.8 Å². The van der Waals surface area contributed by atoms with E-state index in [9.17, 15) is 13.6 Å². The van der Waals surface area contributed by atoms with E-state index in [4.69, 9.17) is 0 Å². The zero-order valence-corrected chi connectivity index (χ0v) is 16.5. The fourth-order valence-corrected chi connectivity index (χ4v) is 4.10. The molecule has 2 aromatic carbocycles. The van der Waals surface area contributed by atoms with Crippen molar-refractivity contribution in [2.75, 3.05) is 36.0 Å². The third-order valence-electron chi connectivity index (χ3n) is 4.81. The van der Waals surface area contributed by atoms with Crippen molar-refractivity contribution in [3.63, 3.8) is 0 Å². The van der Waals surface area contributed by atoms with Gasteiger partial charge >= 0.3 is 0 Å². The largest absolute Gasteiger partial charge is 0.368 e. The number of anilines is 2. The number of thiazole rings is 1. The molecule has 4 rings (SSSR count). The van der Waals surface area contributed by atoms with E-state index in [1.807, 2.05) is 0 Å². The van der Waals surface area contributed by atoms with Crippen molar-refractivity contribution >= 4 is 28.1 Å². The molecule has 0 bridgehead atoms. The molecule has 150 valence electrons. The van der Waals surface area contributed by atoms with Gasteiger partial charge in [-0.2, -0.15) is 0 Å². The SMILES string of the molecule is O=C(NCc1cccc(F)c1)c1csc(N2CCN(c3ccc(F)cc3)CC2)n1. The molecule has 8 heteroatoms. The second-order valence-corrected chi connectivity index (χ2v) is 7.61. The highest BCUT2D eigenvalue weighted by molar-refractivity contribution is 7.13. The molecule has 2 heterocycles. The molecule has 1 saturated heterocycles.